The zero-order chi connectivity index (χ0) is 14.3. The molecule has 1 aliphatic rings. The van der Waals surface area contributed by atoms with Crippen molar-refractivity contribution >= 4 is 5.78 Å². The minimum atomic E-state index is 0.00773. The number of aromatic amines is 1. The first-order valence-electron chi connectivity index (χ1n) is 6.75. The summed E-state index contributed by atoms with van der Waals surface area (Å²) in [4.78, 5) is 12.4. The average molecular weight is 270 g/mol. The van der Waals surface area contributed by atoms with Crippen molar-refractivity contribution in [3.05, 3.63) is 35.5 Å². The number of rotatable bonds is 2. The number of ketones is 1. The van der Waals surface area contributed by atoms with Gasteiger partial charge < -0.3 is 4.74 Å². The minimum absolute atomic E-state index is 0.00773. The zero-order valence-electron chi connectivity index (χ0n) is 12.0. The van der Waals surface area contributed by atoms with Crippen LogP contribution in [-0.4, -0.2) is 23.1 Å². The molecule has 0 radical (unpaired) electrons. The molecule has 1 aromatic carbocycles. The first kappa shape index (κ1) is 12.9. The second-order valence-corrected chi connectivity index (χ2v) is 6.10. The molecular weight excluding hydrogens is 252 g/mol. The summed E-state index contributed by atoms with van der Waals surface area (Å²) in [5.41, 5.74) is 3.42. The van der Waals surface area contributed by atoms with Crippen molar-refractivity contribution in [2.24, 2.45) is 5.41 Å². The van der Waals surface area contributed by atoms with E-state index < -0.39 is 0 Å². The van der Waals surface area contributed by atoms with E-state index in [1.165, 1.54) is 0 Å². The summed E-state index contributed by atoms with van der Waals surface area (Å²) >= 11 is 0. The molecule has 0 aliphatic heterocycles. The standard InChI is InChI=1S/C16H18N2O2/c1-16(2)8-12-14(13(19)9-16)15(18-17-12)10-4-6-11(20-3)7-5-10/h4-7H,8-9H2,1-3H3,(H,17,18). The first-order valence-corrected chi connectivity index (χ1v) is 6.75. The number of methoxy groups -OCH3 is 1. The SMILES string of the molecule is COc1ccc(-c2n[nH]c3c2C(=O)CC(C)(C)C3)cc1. The molecule has 1 aliphatic carbocycles. The molecule has 0 unspecified atom stereocenters. The smallest absolute Gasteiger partial charge is 0.167 e. The largest absolute Gasteiger partial charge is 0.497 e. The average Bonchev–Trinajstić information content (AvgIpc) is 2.81. The van der Waals surface area contributed by atoms with Crippen molar-refractivity contribution in [1.82, 2.24) is 10.2 Å². The summed E-state index contributed by atoms with van der Waals surface area (Å²) in [5.74, 6) is 0.974. The fourth-order valence-electron chi connectivity index (χ4n) is 2.83. The van der Waals surface area contributed by atoms with Gasteiger partial charge in [0.15, 0.2) is 5.78 Å². The van der Waals surface area contributed by atoms with Gasteiger partial charge in [-0.1, -0.05) is 13.8 Å². The number of ether oxygens (including phenoxy) is 1. The molecule has 4 heteroatoms. The van der Waals surface area contributed by atoms with E-state index in [4.69, 9.17) is 4.74 Å². The summed E-state index contributed by atoms with van der Waals surface area (Å²) in [7, 11) is 1.64. The van der Waals surface area contributed by atoms with E-state index in [1.54, 1.807) is 7.11 Å². The van der Waals surface area contributed by atoms with Crippen molar-refractivity contribution in [2.45, 2.75) is 26.7 Å². The number of aromatic nitrogens is 2. The molecule has 1 aromatic heterocycles. The van der Waals surface area contributed by atoms with Crippen molar-refractivity contribution in [1.29, 1.82) is 0 Å². The van der Waals surface area contributed by atoms with Gasteiger partial charge in [0.2, 0.25) is 0 Å². The van der Waals surface area contributed by atoms with Gasteiger partial charge in [-0.2, -0.15) is 5.10 Å². The molecule has 1 N–H and O–H groups in total. The third-order valence-electron chi connectivity index (χ3n) is 3.78. The number of fused-ring (bicyclic) bond motifs is 1. The van der Waals surface area contributed by atoms with Gasteiger partial charge in [-0.05, 0) is 36.1 Å². The lowest BCUT2D eigenvalue weighted by Crippen LogP contribution is -2.26. The number of nitrogens with one attached hydrogen (secondary N) is 1. The molecule has 0 fully saturated rings. The Balaban J connectivity index is 2.04. The molecule has 0 spiro atoms. The van der Waals surface area contributed by atoms with Crippen LogP contribution in [0.3, 0.4) is 0 Å². The Morgan fingerprint density at radius 1 is 1.20 bits per heavy atom. The number of benzene rings is 1. The van der Waals surface area contributed by atoms with Crippen LogP contribution in [0.5, 0.6) is 5.75 Å². The van der Waals surface area contributed by atoms with Crippen LogP contribution in [-0.2, 0) is 6.42 Å². The molecule has 2 aromatic rings. The zero-order valence-corrected chi connectivity index (χ0v) is 12.0. The molecule has 0 atom stereocenters. The topological polar surface area (TPSA) is 55.0 Å². The predicted molar refractivity (Wildman–Crippen MR) is 77.0 cm³/mol. The van der Waals surface area contributed by atoms with Gasteiger partial charge in [-0.15, -0.1) is 0 Å². The van der Waals surface area contributed by atoms with Crippen LogP contribution < -0.4 is 4.74 Å². The summed E-state index contributed by atoms with van der Waals surface area (Å²) in [5, 5.41) is 7.39. The second kappa shape index (κ2) is 4.47. The van der Waals surface area contributed by atoms with Crippen molar-refractivity contribution < 1.29 is 9.53 Å². The third-order valence-corrected chi connectivity index (χ3v) is 3.78. The number of carbonyl (C=O) groups is 1. The first-order chi connectivity index (χ1) is 9.50. The maximum absolute atomic E-state index is 12.4. The highest BCUT2D eigenvalue weighted by Gasteiger charge is 2.34. The Hall–Kier alpha value is -2.10. The number of Topliss-reactive ketones (excluding diaryl/α,β-unsaturated/α-hetero) is 1. The number of hydrogen-bond donors (Lipinski definition) is 1. The molecule has 4 nitrogen and oxygen atoms in total. The van der Waals surface area contributed by atoms with E-state index >= 15 is 0 Å². The molecule has 0 saturated heterocycles. The van der Waals surface area contributed by atoms with Gasteiger partial charge in [0.05, 0.1) is 12.7 Å². The van der Waals surface area contributed by atoms with Gasteiger partial charge in [-0.3, -0.25) is 9.89 Å². The van der Waals surface area contributed by atoms with Gasteiger partial charge in [0, 0.05) is 17.7 Å². The Morgan fingerprint density at radius 2 is 1.90 bits per heavy atom. The van der Waals surface area contributed by atoms with Crippen LogP contribution in [0, 0.1) is 5.41 Å². The monoisotopic (exact) mass is 270 g/mol. The van der Waals surface area contributed by atoms with Crippen LogP contribution in [0.4, 0.5) is 0 Å². The van der Waals surface area contributed by atoms with E-state index in [1.807, 2.05) is 24.3 Å². The molecular formula is C16H18N2O2. The fraction of sp³-hybridized carbons (Fsp3) is 0.375. The summed E-state index contributed by atoms with van der Waals surface area (Å²) in [6, 6.07) is 7.63. The minimum Gasteiger partial charge on any atom is -0.497 e. The molecule has 0 amide bonds. The van der Waals surface area contributed by atoms with E-state index in [2.05, 4.69) is 24.0 Å². The third kappa shape index (κ3) is 2.11. The number of hydrogen-bond acceptors (Lipinski definition) is 3. The fourth-order valence-corrected chi connectivity index (χ4v) is 2.83. The van der Waals surface area contributed by atoms with Gasteiger partial charge in [0.1, 0.15) is 11.4 Å². The van der Waals surface area contributed by atoms with Crippen molar-refractivity contribution in [2.75, 3.05) is 7.11 Å². The highest BCUT2D eigenvalue weighted by molar-refractivity contribution is 6.03. The van der Waals surface area contributed by atoms with Crippen molar-refractivity contribution in [3.63, 3.8) is 0 Å². The van der Waals surface area contributed by atoms with Crippen LogP contribution in [0.25, 0.3) is 11.3 Å². The Kier molecular flexibility index (Phi) is 2.89. The Bertz CT molecular complexity index is 654. The Labute approximate surface area is 118 Å². The van der Waals surface area contributed by atoms with Crippen LogP contribution in [0.2, 0.25) is 0 Å². The molecule has 0 bridgehead atoms. The molecule has 0 saturated carbocycles. The molecule has 104 valence electrons. The lowest BCUT2D eigenvalue weighted by atomic mass is 9.75. The molecule has 1 heterocycles. The van der Waals surface area contributed by atoms with Gasteiger partial charge in [0.25, 0.3) is 0 Å². The normalized spacial score (nSPS) is 16.9. The van der Waals surface area contributed by atoms with E-state index in [0.717, 1.165) is 34.7 Å². The van der Waals surface area contributed by atoms with Gasteiger partial charge >= 0.3 is 0 Å². The van der Waals surface area contributed by atoms with Crippen molar-refractivity contribution in [3.8, 4) is 17.0 Å². The maximum Gasteiger partial charge on any atom is 0.167 e. The number of carbonyl (C=O) groups excluding carboxylic acids is 1. The van der Waals surface area contributed by atoms with E-state index in [0.29, 0.717) is 6.42 Å². The summed E-state index contributed by atoms with van der Waals surface area (Å²) in [6.07, 6.45) is 1.43. The molecule has 20 heavy (non-hydrogen) atoms. The number of nitrogens with zero attached hydrogens (tertiary/aromatic N) is 1. The lowest BCUT2D eigenvalue weighted by Gasteiger charge is -2.27. The second-order valence-electron chi connectivity index (χ2n) is 6.10. The van der Waals surface area contributed by atoms with Crippen LogP contribution in [0.15, 0.2) is 24.3 Å². The summed E-state index contributed by atoms with van der Waals surface area (Å²) < 4.78 is 5.15. The van der Waals surface area contributed by atoms with Gasteiger partial charge in [-0.25, -0.2) is 0 Å². The number of H-pyrrole nitrogens is 1. The van der Waals surface area contributed by atoms with E-state index in [9.17, 15) is 4.79 Å². The highest BCUT2D eigenvalue weighted by atomic mass is 16.5. The molecule has 3 rings (SSSR count). The maximum atomic E-state index is 12.4. The lowest BCUT2D eigenvalue weighted by molar-refractivity contribution is 0.0912. The predicted octanol–water partition coefficient (Wildman–Crippen LogP) is 3.24. The Morgan fingerprint density at radius 3 is 2.55 bits per heavy atom. The summed E-state index contributed by atoms with van der Waals surface area (Å²) in [6.45, 7) is 4.23. The van der Waals surface area contributed by atoms with Crippen LogP contribution >= 0.6 is 0 Å². The van der Waals surface area contributed by atoms with E-state index in [-0.39, 0.29) is 11.2 Å². The van der Waals surface area contributed by atoms with Crippen LogP contribution in [0.1, 0.15) is 36.3 Å². The highest BCUT2D eigenvalue weighted by Crippen LogP contribution is 2.37. The quantitative estimate of drug-likeness (QED) is 0.911.